The molecule has 0 saturated carbocycles. The second kappa shape index (κ2) is 6.75. The fourth-order valence-electron chi connectivity index (χ4n) is 2.02. The van der Waals surface area contributed by atoms with Gasteiger partial charge in [0.15, 0.2) is 5.78 Å². The second-order valence-electron chi connectivity index (χ2n) is 4.67. The predicted molar refractivity (Wildman–Crippen MR) is 81.5 cm³/mol. The van der Waals surface area contributed by atoms with Gasteiger partial charge in [-0.15, -0.1) is 11.8 Å². The lowest BCUT2D eigenvalue weighted by atomic mass is 10.00. The summed E-state index contributed by atoms with van der Waals surface area (Å²) in [7, 11) is 0. The molecule has 1 aliphatic heterocycles. The zero-order valence-electron chi connectivity index (χ0n) is 11.7. The van der Waals surface area contributed by atoms with Gasteiger partial charge in [0.25, 0.3) is 0 Å². The Morgan fingerprint density at radius 3 is 2.65 bits per heavy atom. The molecule has 1 aliphatic rings. The molecule has 106 valence electrons. The standard InChI is InChI=1S/C16H18O3S/c1-3-19-16(18)11(2)13-6-4-12(5-7-13)10-15-14(17)8-9-20-15/h4-7,10-11H,3,8-9H2,1-2H3/b15-10+. The Hall–Kier alpha value is -1.55. The smallest absolute Gasteiger partial charge is 0.313 e. The first-order valence-electron chi connectivity index (χ1n) is 6.76. The molecular weight excluding hydrogens is 272 g/mol. The highest BCUT2D eigenvalue weighted by Crippen LogP contribution is 2.29. The van der Waals surface area contributed by atoms with Crippen LogP contribution in [0, 0.1) is 0 Å². The van der Waals surface area contributed by atoms with E-state index in [9.17, 15) is 9.59 Å². The number of hydrogen-bond donors (Lipinski definition) is 0. The summed E-state index contributed by atoms with van der Waals surface area (Å²) in [4.78, 5) is 24.1. The molecule has 1 saturated heterocycles. The molecule has 1 heterocycles. The molecule has 0 amide bonds. The largest absolute Gasteiger partial charge is 0.466 e. The van der Waals surface area contributed by atoms with Crippen molar-refractivity contribution >= 4 is 29.6 Å². The molecule has 20 heavy (non-hydrogen) atoms. The Bertz CT molecular complexity index is 531. The van der Waals surface area contributed by atoms with Gasteiger partial charge in [-0.3, -0.25) is 9.59 Å². The highest BCUT2D eigenvalue weighted by molar-refractivity contribution is 8.04. The van der Waals surface area contributed by atoms with Gasteiger partial charge in [-0.1, -0.05) is 24.3 Å². The zero-order valence-corrected chi connectivity index (χ0v) is 12.5. The summed E-state index contributed by atoms with van der Waals surface area (Å²) in [5.41, 5.74) is 1.92. The molecule has 4 heteroatoms. The lowest BCUT2D eigenvalue weighted by molar-refractivity contribution is -0.144. The number of rotatable bonds is 4. The Labute approximate surface area is 123 Å². The number of hydrogen-bond acceptors (Lipinski definition) is 4. The van der Waals surface area contributed by atoms with Gasteiger partial charge < -0.3 is 4.74 Å². The summed E-state index contributed by atoms with van der Waals surface area (Å²) in [6.07, 6.45) is 2.55. The summed E-state index contributed by atoms with van der Waals surface area (Å²) >= 11 is 1.60. The van der Waals surface area contributed by atoms with Gasteiger partial charge >= 0.3 is 5.97 Å². The monoisotopic (exact) mass is 290 g/mol. The van der Waals surface area contributed by atoms with Crippen LogP contribution in [-0.2, 0) is 14.3 Å². The van der Waals surface area contributed by atoms with Gasteiger partial charge in [0, 0.05) is 12.2 Å². The molecule has 3 nitrogen and oxygen atoms in total. The number of thioether (sulfide) groups is 1. The third kappa shape index (κ3) is 3.51. The molecule has 0 spiro atoms. The number of Topliss-reactive ketones (excluding diaryl/α,β-unsaturated/α-hetero) is 1. The summed E-state index contributed by atoms with van der Waals surface area (Å²) in [6, 6.07) is 7.70. The van der Waals surface area contributed by atoms with Crippen LogP contribution in [0.4, 0.5) is 0 Å². The van der Waals surface area contributed by atoms with E-state index in [1.54, 1.807) is 18.7 Å². The number of esters is 1. The van der Waals surface area contributed by atoms with Gasteiger partial charge in [-0.2, -0.15) is 0 Å². The predicted octanol–water partition coefficient (Wildman–Crippen LogP) is 3.40. The molecule has 1 fully saturated rings. The molecule has 1 unspecified atom stereocenters. The maximum absolute atomic E-state index is 11.7. The van der Waals surface area contributed by atoms with Crippen LogP contribution in [0.1, 0.15) is 37.3 Å². The topological polar surface area (TPSA) is 43.4 Å². The van der Waals surface area contributed by atoms with Crippen LogP contribution in [0.15, 0.2) is 29.2 Å². The third-order valence-electron chi connectivity index (χ3n) is 3.24. The average molecular weight is 290 g/mol. The van der Waals surface area contributed by atoms with E-state index in [1.165, 1.54) is 0 Å². The Balaban J connectivity index is 2.10. The molecule has 0 bridgehead atoms. The first-order valence-corrected chi connectivity index (χ1v) is 7.74. The van der Waals surface area contributed by atoms with E-state index in [0.717, 1.165) is 21.8 Å². The van der Waals surface area contributed by atoms with Gasteiger partial charge in [0.2, 0.25) is 0 Å². The van der Waals surface area contributed by atoms with Crippen LogP contribution < -0.4 is 0 Å². The fourth-order valence-corrected chi connectivity index (χ4v) is 3.01. The minimum atomic E-state index is -0.265. The van der Waals surface area contributed by atoms with Crippen molar-refractivity contribution in [3.8, 4) is 0 Å². The minimum absolute atomic E-state index is 0.208. The molecule has 1 aromatic rings. The zero-order chi connectivity index (χ0) is 14.5. The number of benzene rings is 1. The molecule has 1 aromatic carbocycles. The molecule has 0 aromatic heterocycles. The van der Waals surface area contributed by atoms with E-state index in [4.69, 9.17) is 4.74 Å². The summed E-state index contributed by atoms with van der Waals surface area (Å²) < 4.78 is 5.01. The number of carbonyl (C=O) groups excluding carboxylic acids is 2. The van der Waals surface area contributed by atoms with Crippen LogP contribution in [0.3, 0.4) is 0 Å². The van der Waals surface area contributed by atoms with Crippen LogP contribution in [-0.4, -0.2) is 24.1 Å². The fraction of sp³-hybridized carbons (Fsp3) is 0.375. The van der Waals surface area contributed by atoms with Crippen molar-refractivity contribution in [1.82, 2.24) is 0 Å². The Morgan fingerprint density at radius 1 is 1.40 bits per heavy atom. The van der Waals surface area contributed by atoms with Crippen molar-refractivity contribution in [3.63, 3.8) is 0 Å². The number of ether oxygens (including phenoxy) is 1. The molecular formula is C16H18O3S. The molecule has 1 atom stereocenters. The number of ketones is 1. The van der Waals surface area contributed by atoms with E-state index in [0.29, 0.717) is 13.0 Å². The van der Waals surface area contributed by atoms with Gasteiger partial charge in [0.05, 0.1) is 17.4 Å². The van der Waals surface area contributed by atoms with Crippen molar-refractivity contribution in [3.05, 3.63) is 40.3 Å². The normalized spacial score (nSPS) is 18.3. The van der Waals surface area contributed by atoms with Gasteiger partial charge in [0.1, 0.15) is 0 Å². The van der Waals surface area contributed by atoms with E-state index in [1.807, 2.05) is 37.3 Å². The van der Waals surface area contributed by atoms with Crippen LogP contribution in [0.2, 0.25) is 0 Å². The lowest BCUT2D eigenvalue weighted by Gasteiger charge is -2.10. The van der Waals surface area contributed by atoms with Crippen molar-refractivity contribution < 1.29 is 14.3 Å². The van der Waals surface area contributed by atoms with Crippen LogP contribution in [0.25, 0.3) is 6.08 Å². The SMILES string of the molecule is CCOC(=O)C(C)c1ccc(/C=C2/SCCC2=O)cc1. The van der Waals surface area contributed by atoms with Gasteiger partial charge in [-0.25, -0.2) is 0 Å². The molecule has 0 radical (unpaired) electrons. The van der Waals surface area contributed by atoms with Crippen molar-refractivity contribution in [2.45, 2.75) is 26.2 Å². The van der Waals surface area contributed by atoms with E-state index >= 15 is 0 Å². The molecule has 0 N–H and O–H groups in total. The van der Waals surface area contributed by atoms with Crippen LogP contribution >= 0.6 is 11.8 Å². The highest BCUT2D eigenvalue weighted by atomic mass is 32.2. The summed E-state index contributed by atoms with van der Waals surface area (Å²) in [5.74, 6) is 0.626. The minimum Gasteiger partial charge on any atom is -0.466 e. The third-order valence-corrected chi connectivity index (χ3v) is 4.30. The average Bonchev–Trinajstić information content (AvgIpc) is 2.85. The first-order chi connectivity index (χ1) is 9.61. The Morgan fingerprint density at radius 2 is 2.10 bits per heavy atom. The second-order valence-corrected chi connectivity index (χ2v) is 5.81. The summed E-state index contributed by atoms with van der Waals surface area (Å²) in [5, 5.41) is 0. The van der Waals surface area contributed by atoms with Crippen molar-refractivity contribution in [2.75, 3.05) is 12.4 Å². The van der Waals surface area contributed by atoms with Crippen molar-refractivity contribution in [1.29, 1.82) is 0 Å². The van der Waals surface area contributed by atoms with E-state index in [-0.39, 0.29) is 17.7 Å². The molecule has 0 aliphatic carbocycles. The number of carbonyl (C=O) groups is 2. The first kappa shape index (κ1) is 14.9. The van der Waals surface area contributed by atoms with Crippen LogP contribution in [0.5, 0.6) is 0 Å². The highest BCUT2D eigenvalue weighted by Gasteiger charge is 2.18. The molecule has 2 rings (SSSR count). The quantitative estimate of drug-likeness (QED) is 0.629. The summed E-state index contributed by atoms with van der Waals surface area (Å²) in [6.45, 7) is 4.03. The van der Waals surface area contributed by atoms with Crippen molar-refractivity contribution in [2.24, 2.45) is 0 Å². The van der Waals surface area contributed by atoms with E-state index in [2.05, 4.69) is 0 Å². The van der Waals surface area contributed by atoms with E-state index < -0.39 is 0 Å². The Kier molecular flexibility index (Phi) is 5.01. The number of allylic oxidation sites excluding steroid dienone is 1. The lowest BCUT2D eigenvalue weighted by Crippen LogP contribution is -2.12. The maximum atomic E-state index is 11.7. The van der Waals surface area contributed by atoms with Gasteiger partial charge in [-0.05, 0) is 31.1 Å². The maximum Gasteiger partial charge on any atom is 0.313 e.